The number of hydrogen-bond donors (Lipinski definition) is 3. The van der Waals surface area contributed by atoms with Crippen molar-refractivity contribution in [3.63, 3.8) is 0 Å². The van der Waals surface area contributed by atoms with Gasteiger partial charge in [-0.2, -0.15) is 0 Å². The Kier molecular flexibility index (Phi) is 81.1. The average Bonchev–Trinajstić information content (AvgIpc) is 0.900. The lowest BCUT2D eigenvalue weighted by molar-refractivity contribution is -0.161. The molecule has 3 N–H and O–H groups in total. The van der Waals surface area contributed by atoms with E-state index >= 15 is 0 Å². The second-order valence-electron chi connectivity index (χ2n) is 32.8. The van der Waals surface area contributed by atoms with Crippen LogP contribution in [0.4, 0.5) is 0 Å². The number of aliphatic hydroxyl groups excluding tert-OH is 1. The number of rotatable bonds is 90. The van der Waals surface area contributed by atoms with Crippen LogP contribution >= 0.6 is 15.6 Å². The van der Waals surface area contributed by atoms with Crippen molar-refractivity contribution in [2.24, 2.45) is 5.92 Å². The topological polar surface area (TPSA) is 237 Å². The lowest BCUT2D eigenvalue weighted by atomic mass is 10.0. The fraction of sp³-hybridized carbons (Fsp3) is 0.956. The minimum Gasteiger partial charge on any atom is -0.462 e. The summed E-state index contributed by atoms with van der Waals surface area (Å²) >= 11 is 0. The molecule has 0 saturated carbocycles. The second kappa shape index (κ2) is 82.6. The van der Waals surface area contributed by atoms with Crippen molar-refractivity contribution < 1.29 is 80.2 Å². The van der Waals surface area contributed by atoms with Crippen LogP contribution < -0.4 is 0 Å². The van der Waals surface area contributed by atoms with Gasteiger partial charge in [0.25, 0.3) is 0 Å². The maximum atomic E-state index is 13.2. The third-order valence-corrected chi connectivity index (χ3v) is 23.2. The van der Waals surface area contributed by atoms with E-state index in [2.05, 4.69) is 34.6 Å². The molecular weight excluding hydrogens is 1410 g/mol. The average molecular weight is 1590 g/mol. The van der Waals surface area contributed by atoms with E-state index in [9.17, 15) is 43.2 Å². The van der Waals surface area contributed by atoms with Crippen LogP contribution in [0.15, 0.2) is 0 Å². The van der Waals surface area contributed by atoms with Crippen LogP contribution in [-0.4, -0.2) is 96.7 Å². The molecule has 0 heterocycles. The third-order valence-electron chi connectivity index (χ3n) is 21.3. The number of unbranched alkanes of at least 4 members (excludes halogenated alkanes) is 62. The van der Waals surface area contributed by atoms with Crippen molar-refractivity contribution in [2.45, 2.75) is 509 Å². The van der Waals surface area contributed by atoms with Crippen molar-refractivity contribution in [1.82, 2.24) is 0 Å². The molecule has 0 radical (unpaired) electrons. The Hall–Kier alpha value is -1.94. The van der Waals surface area contributed by atoms with Gasteiger partial charge in [-0.25, -0.2) is 9.13 Å². The molecule has 0 bridgehead atoms. The van der Waals surface area contributed by atoms with E-state index in [-0.39, 0.29) is 25.7 Å². The number of aliphatic hydroxyl groups is 1. The van der Waals surface area contributed by atoms with Gasteiger partial charge < -0.3 is 33.8 Å². The van der Waals surface area contributed by atoms with Gasteiger partial charge >= 0.3 is 39.5 Å². The Morgan fingerprint density at radius 1 is 0.248 bits per heavy atom. The number of phosphoric ester groups is 2. The number of carbonyl (C=O) groups excluding carboxylic acids is 4. The first-order valence-corrected chi connectivity index (χ1v) is 49.6. The number of carbonyl (C=O) groups is 4. The van der Waals surface area contributed by atoms with E-state index in [1.165, 1.54) is 315 Å². The summed E-state index contributed by atoms with van der Waals surface area (Å²) in [5, 5.41) is 10.7. The van der Waals surface area contributed by atoms with Crippen molar-refractivity contribution in [2.75, 3.05) is 39.6 Å². The summed E-state index contributed by atoms with van der Waals surface area (Å²) in [7, 11) is -9.93. The molecule has 0 fully saturated rings. The molecule has 2 unspecified atom stereocenters. The van der Waals surface area contributed by atoms with Gasteiger partial charge in [-0.05, 0) is 31.6 Å². The number of hydrogen-bond acceptors (Lipinski definition) is 15. The first-order valence-electron chi connectivity index (χ1n) is 46.6. The van der Waals surface area contributed by atoms with Crippen molar-refractivity contribution in [1.29, 1.82) is 0 Å². The highest BCUT2D eigenvalue weighted by Gasteiger charge is 2.31. The maximum Gasteiger partial charge on any atom is 0.472 e. The zero-order chi connectivity index (χ0) is 79.7. The van der Waals surface area contributed by atoms with Crippen LogP contribution in [-0.2, 0) is 65.4 Å². The Morgan fingerprint density at radius 3 is 0.624 bits per heavy atom. The zero-order valence-corrected chi connectivity index (χ0v) is 73.5. The first-order chi connectivity index (χ1) is 53.0. The zero-order valence-electron chi connectivity index (χ0n) is 71.7. The molecule has 0 spiro atoms. The van der Waals surface area contributed by atoms with E-state index in [4.69, 9.17) is 37.0 Å². The Balaban J connectivity index is 5.21. The van der Waals surface area contributed by atoms with Gasteiger partial charge in [0, 0.05) is 25.7 Å². The molecule has 0 amide bonds. The van der Waals surface area contributed by atoms with Gasteiger partial charge in [0.1, 0.15) is 19.3 Å². The minimum absolute atomic E-state index is 0.108. The van der Waals surface area contributed by atoms with Crippen LogP contribution in [0, 0.1) is 5.92 Å². The van der Waals surface area contributed by atoms with E-state index in [0.29, 0.717) is 25.7 Å². The smallest absolute Gasteiger partial charge is 0.462 e. The molecule has 109 heavy (non-hydrogen) atoms. The van der Waals surface area contributed by atoms with Crippen LogP contribution in [0.2, 0.25) is 0 Å². The SMILES string of the molecule is CCCCCCCCCCCCCCCCCCCCCCCC(=O)O[C@H](COC(=O)CCCCCCCCCCCCCCCCCCCCCC)COP(=O)(O)OC[C@@H](O)COP(=O)(O)OC[C@@H](COC(=O)CCCCCCCCCCCC)OC(=O)CCCCCCCCCCCCCCCCCC(C)C. The lowest BCUT2D eigenvalue weighted by Crippen LogP contribution is -2.30. The van der Waals surface area contributed by atoms with Gasteiger partial charge in [0.2, 0.25) is 0 Å². The second-order valence-corrected chi connectivity index (χ2v) is 35.7. The van der Waals surface area contributed by atoms with Crippen LogP contribution in [0.25, 0.3) is 0 Å². The fourth-order valence-corrected chi connectivity index (χ4v) is 15.8. The quantitative estimate of drug-likeness (QED) is 0.0222. The van der Waals surface area contributed by atoms with Gasteiger partial charge in [0.05, 0.1) is 26.4 Å². The molecule has 0 saturated heterocycles. The summed E-state index contributed by atoms with van der Waals surface area (Å²) in [6, 6.07) is 0. The van der Waals surface area contributed by atoms with Gasteiger partial charge in [-0.1, -0.05) is 439 Å². The summed E-state index contributed by atoms with van der Waals surface area (Å²) in [5.41, 5.74) is 0. The molecule has 17 nitrogen and oxygen atoms in total. The monoisotopic (exact) mass is 1590 g/mol. The van der Waals surface area contributed by atoms with E-state index in [1.54, 1.807) is 0 Å². The Morgan fingerprint density at radius 2 is 0.422 bits per heavy atom. The van der Waals surface area contributed by atoms with Crippen LogP contribution in [0.5, 0.6) is 0 Å². The first kappa shape index (κ1) is 107. The van der Waals surface area contributed by atoms with Crippen LogP contribution in [0.1, 0.15) is 490 Å². The summed E-state index contributed by atoms with van der Waals surface area (Å²) in [5.74, 6) is -1.29. The minimum atomic E-state index is -4.97. The van der Waals surface area contributed by atoms with Gasteiger partial charge in [0.15, 0.2) is 12.2 Å². The molecule has 0 aromatic heterocycles. The third kappa shape index (κ3) is 83.8. The Bertz CT molecular complexity index is 2070. The number of ether oxygens (including phenoxy) is 4. The number of phosphoric acid groups is 2. The van der Waals surface area contributed by atoms with Crippen LogP contribution in [0.3, 0.4) is 0 Å². The highest BCUT2D eigenvalue weighted by Crippen LogP contribution is 2.45. The molecule has 0 aromatic carbocycles. The highest BCUT2D eigenvalue weighted by atomic mass is 31.2. The summed E-state index contributed by atoms with van der Waals surface area (Å²) in [4.78, 5) is 73.3. The Labute approximate surface area is 670 Å². The molecular formula is C90H176O17P2. The predicted molar refractivity (Wildman–Crippen MR) is 451 cm³/mol. The maximum absolute atomic E-state index is 13.2. The van der Waals surface area contributed by atoms with Crippen molar-refractivity contribution in [3.05, 3.63) is 0 Å². The standard InChI is InChI=1S/C90H176O17P2/c1-6-9-12-15-18-21-24-26-28-30-32-34-36-38-42-46-50-55-60-65-70-75-90(95)107-86(80-101-88(93)74-69-64-59-54-49-45-41-37-35-33-31-29-27-25-22-19-16-13-10-7-2)82-105-109(98,99)103-78-84(91)77-102-108(96,97)104-81-85(79-100-87(92)73-68-63-58-53-23-20-17-14-11-8-3)106-89(94)76-71-66-61-56-51-47-43-39-40-44-48-52-57-62-67-72-83(4)5/h83-86,91H,6-82H2,1-5H3,(H,96,97)(H,98,99)/t84-,85+,86+/m0/s1. The molecule has 0 aromatic rings. The van der Waals surface area contributed by atoms with E-state index in [1.807, 2.05) is 0 Å². The molecule has 5 atom stereocenters. The van der Waals surface area contributed by atoms with Crippen molar-refractivity contribution in [3.8, 4) is 0 Å². The molecule has 0 aliphatic carbocycles. The van der Waals surface area contributed by atoms with Gasteiger partial charge in [-0.3, -0.25) is 37.3 Å². The van der Waals surface area contributed by atoms with E-state index < -0.39 is 97.5 Å². The normalized spacial score (nSPS) is 13.7. The molecule has 0 aliphatic rings. The van der Waals surface area contributed by atoms with Crippen molar-refractivity contribution >= 4 is 39.5 Å². The molecule has 19 heteroatoms. The molecule has 648 valence electrons. The molecule has 0 rings (SSSR count). The largest absolute Gasteiger partial charge is 0.472 e. The summed E-state index contributed by atoms with van der Waals surface area (Å²) in [6.07, 6.45) is 77.9. The summed E-state index contributed by atoms with van der Waals surface area (Å²) in [6.45, 7) is 7.40. The fourth-order valence-electron chi connectivity index (χ4n) is 14.2. The summed E-state index contributed by atoms with van der Waals surface area (Å²) < 4.78 is 69.0. The lowest BCUT2D eigenvalue weighted by Gasteiger charge is -2.21. The van der Waals surface area contributed by atoms with Gasteiger partial charge in [-0.15, -0.1) is 0 Å². The number of esters is 4. The predicted octanol–water partition coefficient (Wildman–Crippen LogP) is 27.9. The molecule has 0 aliphatic heterocycles. The highest BCUT2D eigenvalue weighted by molar-refractivity contribution is 7.47. The van der Waals surface area contributed by atoms with E-state index in [0.717, 1.165) is 95.8 Å².